The largest absolute Gasteiger partial charge is 0.449 e. The maximum absolute atomic E-state index is 12.3. The number of hydrogen-bond donors (Lipinski definition) is 1. The van der Waals surface area contributed by atoms with Crippen molar-refractivity contribution < 1.29 is 18.7 Å². The molecule has 0 spiro atoms. The van der Waals surface area contributed by atoms with Gasteiger partial charge in [-0.2, -0.15) is 0 Å². The Hall–Kier alpha value is -3.15. The van der Waals surface area contributed by atoms with E-state index in [1.165, 1.54) is 6.39 Å². The van der Waals surface area contributed by atoms with E-state index in [4.69, 9.17) is 9.15 Å². The lowest BCUT2D eigenvalue weighted by molar-refractivity contribution is -0.124. The molecule has 0 fully saturated rings. The van der Waals surface area contributed by atoms with Crippen LogP contribution in [0.2, 0.25) is 0 Å². The fraction of sp³-hybridized carbons (Fsp3) is 0.167. The molecule has 0 aliphatic carbocycles. The van der Waals surface area contributed by atoms with E-state index in [2.05, 4.69) is 10.3 Å². The Morgan fingerprint density at radius 1 is 1.21 bits per heavy atom. The van der Waals surface area contributed by atoms with Crippen LogP contribution in [0, 0.1) is 0 Å². The zero-order valence-electron chi connectivity index (χ0n) is 13.1. The summed E-state index contributed by atoms with van der Waals surface area (Å²) in [4.78, 5) is 28.5. The zero-order valence-corrected chi connectivity index (χ0v) is 13.1. The van der Waals surface area contributed by atoms with Gasteiger partial charge in [0.2, 0.25) is 0 Å². The topological polar surface area (TPSA) is 81.4 Å². The van der Waals surface area contributed by atoms with Crippen LogP contribution in [0.5, 0.6) is 0 Å². The van der Waals surface area contributed by atoms with Gasteiger partial charge in [-0.05, 0) is 36.8 Å². The third kappa shape index (κ3) is 3.43. The van der Waals surface area contributed by atoms with Crippen molar-refractivity contribution in [2.24, 2.45) is 0 Å². The molecule has 2 aromatic carbocycles. The van der Waals surface area contributed by atoms with Crippen LogP contribution in [0.25, 0.3) is 11.1 Å². The number of nitrogens with zero attached hydrogens (tertiary/aromatic N) is 1. The van der Waals surface area contributed by atoms with Gasteiger partial charge in [0.1, 0.15) is 5.52 Å². The van der Waals surface area contributed by atoms with Gasteiger partial charge in [0.25, 0.3) is 5.91 Å². The summed E-state index contributed by atoms with van der Waals surface area (Å²) in [5, 5.41) is 2.73. The molecule has 0 saturated heterocycles. The Morgan fingerprint density at radius 3 is 2.75 bits per heavy atom. The third-order valence-corrected chi connectivity index (χ3v) is 3.52. The van der Waals surface area contributed by atoms with E-state index in [1.807, 2.05) is 18.2 Å². The number of carbonyl (C=O) groups is 2. The van der Waals surface area contributed by atoms with E-state index in [0.717, 1.165) is 0 Å². The summed E-state index contributed by atoms with van der Waals surface area (Å²) >= 11 is 0. The molecule has 3 aromatic rings. The molecule has 1 N–H and O–H groups in total. The number of hydrogen-bond acceptors (Lipinski definition) is 5. The molecule has 122 valence electrons. The highest BCUT2D eigenvalue weighted by Crippen LogP contribution is 2.16. The fourth-order valence-electron chi connectivity index (χ4n) is 2.25. The lowest BCUT2D eigenvalue weighted by Crippen LogP contribution is -2.32. The third-order valence-electron chi connectivity index (χ3n) is 3.52. The van der Waals surface area contributed by atoms with Gasteiger partial charge in [-0.15, -0.1) is 0 Å². The average molecular weight is 324 g/mol. The summed E-state index contributed by atoms with van der Waals surface area (Å²) in [6.07, 6.45) is 0.805. The van der Waals surface area contributed by atoms with Gasteiger partial charge >= 0.3 is 5.97 Å². The van der Waals surface area contributed by atoms with Crippen molar-refractivity contribution in [1.29, 1.82) is 0 Å². The second-order valence-corrected chi connectivity index (χ2v) is 5.19. The summed E-state index contributed by atoms with van der Waals surface area (Å²) < 4.78 is 10.5. The minimum Gasteiger partial charge on any atom is -0.449 e. The Bertz CT molecular complexity index is 858. The smallest absolute Gasteiger partial charge is 0.339 e. The molecule has 1 unspecified atom stereocenters. The molecule has 1 amide bonds. The molecule has 6 heteroatoms. The van der Waals surface area contributed by atoms with Crippen molar-refractivity contribution in [3.8, 4) is 0 Å². The second kappa shape index (κ2) is 6.95. The highest BCUT2D eigenvalue weighted by atomic mass is 16.5. The maximum Gasteiger partial charge on any atom is 0.339 e. The molecule has 0 radical (unpaired) electrons. The number of fused-ring (bicyclic) bond motifs is 1. The first kappa shape index (κ1) is 15.7. The van der Waals surface area contributed by atoms with E-state index in [0.29, 0.717) is 28.8 Å². The summed E-state index contributed by atoms with van der Waals surface area (Å²) in [5.41, 5.74) is 2.11. The van der Waals surface area contributed by atoms with Gasteiger partial charge in [0.15, 0.2) is 18.1 Å². The monoisotopic (exact) mass is 324 g/mol. The lowest BCUT2D eigenvalue weighted by atomic mass is 10.2. The number of esters is 1. The molecule has 6 nitrogen and oxygen atoms in total. The Labute approximate surface area is 138 Å². The van der Waals surface area contributed by atoms with E-state index >= 15 is 0 Å². The molecule has 1 aromatic heterocycles. The number of para-hydroxylation sites is 1. The van der Waals surface area contributed by atoms with E-state index < -0.39 is 12.1 Å². The molecule has 1 atom stereocenters. The minimum absolute atomic E-state index is 0.310. The van der Waals surface area contributed by atoms with Crippen LogP contribution in [0.4, 0.5) is 5.69 Å². The zero-order chi connectivity index (χ0) is 16.9. The van der Waals surface area contributed by atoms with Crippen molar-refractivity contribution in [1.82, 2.24) is 4.98 Å². The van der Waals surface area contributed by atoms with E-state index in [1.54, 1.807) is 37.3 Å². The molecule has 0 saturated carbocycles. The number of oxazole rings is 1. The number of ether oxygens (including phenoxy) is 1. The second-order valence-electron chi connectivity index (χ2n) is 5.19. The first-order chi connectivity index (χ1) is 11.7. The molecular formula is C18H16N2O4. The highest BCUT2D eigenvalue weighted by molar-refractivity contribution is 5.98. The molecule has 0 bridgehead atoms. The SMILES string of the molecule is CCC(OC(=O)c1ccc2ncoc2c1)C(=O)Nc1ccccc1. The standard InChI is InChI=1S/C18H16N2O4/c1-2-15(17(21)20-13-6-4-3-5-7-13)24-18(22)12-8-9-14-16(10-12)23-11-19-14/h3-11,15H,2H2,1H3,(H,20,21). The van der Waals surface area contributed by atoms with E-state index in [-0.39, 0.29) is 5.91 Å². The number of aromatic nitrogens is 1. The first-order valence-electron chi connectivity index (χ1n) is 7.57. The first-order valence-corrected chi connectivity index (χ1v) is 7.57. The Balaban J connectivity index is 1.69. The lowest BCUT2D eigenvalue weighted by Gasteiger charge is -2.16. The van der Waals surface area contributed by atoms with Crippen LogP contribution in [-0.4, -0.2) is 23.0 Å². The maximum atomic E-state index is 12.3. The highest BCUT2D eigenvalue weighted by Gasteiger charge is 2.22. The Morgan fingerprint density at radius 2 is 2.00 bits per heavy atom. The van der Waals surface area contributed by atoms with Crippen LogP contribution in [0.1, 0.15) is 23.7 Å². The van der Waals surface area contributed by atoms with Crippen LogP contribution >= 0.6 is 0 Å². The summed E-state index contributed by atoms with van der Waals surface area (Å²) in [6.45, 7) is 1.78. The van der Waals surface area contributed by atoms with Crippen LogP contribution in [0.3, 0.4) is 0 Å². The van der Waals surface area contributed by atoms with Crippen molar-refractivity contribution in [3.05, 3.63) is 60.5 Å². The number of nitrogens with one attached hydrogen (secondary N) is 1. The van der Waals surface area contributed by atoms with Gasteiger partial charge in [-0.1, -0.05) is 25.1 Å². The van der Waals surface area contributed by atoms with Crippen molar-refractivity contribution in [3.63, 3.8) is 0 Å². The van der Waals surface area contributed by atoms with Crippen LogP contribution in [-0.2, 0) is 9.53 Å². The number of anilines is 1. The predicted molar refractivity (Wildman–Crippen MR) is 88.6 cm³/mol. The fourth-order valence-corrected chi connectivity index (χ4v) is 2.25. The summed E-state index contributed by atoms with van der Waals surface area (Å²) in [7, 11) is 0. The van der Waals surface area contributed by atoms with Gasteiger partial charge in [0, 0.05) is 5.69 Å². The number of benzene rings is 2. The predicted octanol–water partition coefficient (Wildman–Crippen LogP) is 3.40. The number of carbonyl (C=O) groups excluding carboxylic acids is 2. The van der Waals surface area contributed by atoms with Crippen LogP contribution < -0.4 is 5.32 Å². The molecular weight excluding hydrogens is 308 g/mol. The van der Waals surface area contributed by atoms with Crippen molar-refractivity contribution >= 4 is 28.7 Å². The molecule has 3 rings (SSSR count). The van der Waals surface area contributed by atoms with Gasteiger partial charge in [-0.3, -0.25) is 4.79 Å². The van der Waals surface area contributed by atoms with Gasteiger partial charge in [-0.25, -0.2) is 9.78 Å². The molecule has 0 aliphatic heterocycles. The van der Waals surface area contributed by atoms with Gasteiger partial charge < -0.3 is 14.5 Å². The van der Waals surface area contributed by atoms with Crippen LogP contribution in [0.15, 0.2) is 59.3 Å². The number of amides is 1. The minimum atomic E-state index is -0.872. The Kier molecular flexibility index (Phi) is 4.56. The van der Waals surface area contributed by atoms with Gasteiger partial charge in [0.05, 0.1) is 5.56 Å². The summed E-state index contributed by atoms with van der Waals surface area (Å²) in [6, 6.07) is 13.8. The molecule has 1 heterocycles. The van der Waals surface area contributed by atoms with E-state index in [9.17, 15) is 9.59 Å². The average Bonchev–Trinajstić information content (AvgIpc) is 3.07. The number of rotatable bonds is 5. The quantitative estimate of drug-likeness (QED) is 0.727. The summed E-state index contributed by atoms with van der Waals surface area (Å²) in [5.74, 6) is -0.943. The van der Waals surface area contributed by atoms with Crippen molar-refractivity contribution in [2.45, 2.75) is 19.4 Å². The normalized spacial score (nSPS) is 11.9. The molecule has 0 aliphatic rings. The molecule has 24 heavy (non-hydrogen) atoms. The van der Waals surface area contributed by atoms with Crippen molar-refractivity contribution in [2.75, 3.05) is 5.32 Å².